The molecule has 2 aliphatic rings. The van der Waals surface area contributed by atoms with Crippen molar-refractivity contribution in [3.63, 3.8) is 0 Å². The topological polar surface area (TPSA) is 41.9 Å². The van der Waals surface area contributed by atoms with Gasteiger partial charge >= 0.3 is 6.18 Å². The lowest BCUT2D eigenvalue weighted by Gasteiger charge is -2.37. The summed E-state index contributed by atoms with van der Waals surface area (Å²) in [6, 6.07) is 17.3. The quantitative estimate of drug-likeness (QED) is 0.355. The second-order valence-corrected chi connectivity index (χ2v) is 9.49. The molecule has 2 aliphatic heterocycles. The zero-order chi connectivity index (χ0) is 26.2. The second kappa shape index (κ2) is 10.1. The molecule has 1 saturated heterocycles. The van der Waals surface area contributed by atoms with Gasteiger partial charge in [0.1, 0.15) is 30.0 Å². The van der Waals surface area contributed by atoms with E-state index in [1.165, 1.54) is 18.2 Å². The minimum absolute atomic E-state index is 0.0621. The van der Waals surface area contributed by atoms with E-state index in [2.05, 4.69) is 4.90 Å². The van der Waals surface area contributed by atoms with E-state index >= 15 is 0 Å². The van der Waals surface area contributed by atoms with Crippen LogP contribution >= 0.6 is 0 Å². The van der Waals surface area contributed by atoms with Crippen molar-refractivity contribution in [1.29, 1.82) is 0 Å². The molecule has 3 aromatic rings. The van der Waals surface area contributed by atoms with Crippen LogP contribution < -0.4 is 9.47 Å². The Morgan fingerprint density at radius 3 is 2.35 bits per heavy atom. The molecule has 0 saturated carbocycles. The molecule has 8 heteroatoms. The molecular formula is C29H27F4NO3. The molecular weight excluding hydrogens is 486 g/mol. The molecule has 5 rings (SSSR count). The number of phenolic OH excluding ortho intramolecular Hbond substituents is 1. The van der Waals surface area contributed by atoms with Crippen molar-refractivity contribution in [2.24, 2.45) is 5.92 Å². The molecule has 0 amide bonds. The van der Waals surface area contributed by atoms with Crippen molar-refractivity contribution in [3.05, 3.63) is 89.0 Å². The van der Waals surface area contributed by atoms with Gasteiger partial charge in [0.15, 0.2) is 0 Å². The Balaban J connectivity index is 1.40. The first-order valence-corrected chi connectivity index (χ1v) is 12.1. The number of nitrogens with zero attached hydrogens (tertiary/aromatic N) is 1. The summed E-state index contributed by atoms with van der Waals surface area (Å²) in [6.07, 6.45) is -5.02. The molecule has 37 heavy (non-hydrogen) atoms. The minimum Gasteiger partial charge on any atom is -0.508 e. The maximum atomic E-state index is 13.2. The third-order valence-corrected chi connectivity index (χ3v) is 6.91. The van der Waals surface area contributed by atoms with E-state index in [9.17, 15) is 22.7 Å². The van der Waals surface area contributed by atoms with Gasteiger partial charge in [-0.1, -0.05) is 24.3 Å². The van der Waals surface area contributed by atoms with Gasteiger partial charge in [0.25, 0.3) is 0 Å². The highest BCUT2D eigenvalue weighted by atomic mass is 19.4. The lowest BCUT2D eigenvalue weighted by molar-refractivity contribution is -0.137. The highest BCUT2D eigenvalue weighted by Crippen LogP contribution is 2.47. The van der Waals surface area contributed by atoms with Crippen molar-refractivity contribution in [2.45, 2.75) is 19.2 Å². The van der Waals surface area contributed by atoms with E-state index in [0.29, 0.717) is 23.7 Å². The summed E-state index contributed by atoms with van der Waals surface area (Å²) in [5.74, 6) is 1.38. The van der Waals surface area contributed by atoms with Crippen LogP contribution in [0.5, 0.6) is 17.2 Å². The molecule has 0 radical (unpaired) electrons. The number of ether oxygens (including phenoxy) is 2. The Hall–Kier alpha value is -3.52. The summed E-state index contributed by atoms with van der Waals surface area (Å²) < 4.78 is 64.2. The zero-order valence-electron chi connectivity index (χ0n) is 20.3. The number of fused-ring (bicyclic) bond motifs is 1. The van der Waals surface area contributed by atoms with E-state index < -0.39 is 17.8 Å². The average molecular weight is 514 g/mol. The van der Waals surface area contributed by atoms with Gasteiger partial charge in [-0.2, -0.15) is 13.2 Å². The lowest BCUT2D eigenvalue weighted by Crippen LogP contribution is -2.49. The van der Waals surface area contributed by atoms with Crippen molar-refractivity contribution < 1.29 is 32.1 Å². The fraction of sp³-hybridized carbons (Fsp3) is 0.310. The summed E-state index contributed by atoms with van der Waals surface area (Å²) >= 11 is 0. The van der Waals surface area contributed by atoms with E-state index in [4.69, 9.17) is 9.47 Å². The van der Waals surface area contributed by atoms with E-state index in [1.54, 1.807) is 12.1 Å². The SMILES string of the molecule is CC1=C(c2ccc(C(F)(F)F)cc2)C(c2ccc(OCCN3CC(CF)C3)cc2)Oc2cc(O)ccc21. The van der Waals surface area contributed by atoms with Gasteiger partial charge in [0.2, 0.25) is 0 Å². The molecule has 1 N–H and O–H groups in total. The average Bonchev–Trinajstić information content (AvgIpc) is 2.85. The molecule has 1 atom stereocenters. The van der Waals surface area contributed by atoms with Crippen molar-refractivity contribution in [3.8, 4) is 17.2 Å². The first-order valence-electron chi connectivity index (χ1n) is 12.1. The molecule has 0 spiro atoms. The van der Waals surface area contributed by atoms with Crippen molar-refractivity contribution >= 4 is 11.1 Å². The largest absolute Gasteiger partial charge is 0.508 e. The molecule has 1 unspecified atom stereocenters. The Kier molecular flexibility index (Phi) is 6.86. The molecule has 1 fully saturated rings. The van der Waals surface area contributed by atoms with Crippen LogP contribution in [0.1, 0.15) is 35.3 Å². The third-order valence-electron chi connectivity index (χ3n) is 6.91. The second-order valence-electron chi connectivity index (χ2n) is 9.49. The number of benzene rings is 3. The van der Waals surface area contributed by atoms with Crippen LogP contribution in [-0.4, -0.2) is 42.9 Å². The number of phenols is 1. The molecule has 0 aliphatic carbocycles. The van der Waals surface area contributed by atoms with Crippen LogP contribution in [0.15, 0.2) is 66.7 Å². The van der Waals surface area contributed by atoms with Gasteiger partial charge in [-0.25, -0.2) is 0 Å². The molecule has 0 aromatic heterocycles. The Bertz CT molecular complexity index is 1280. The van der Waals surface area contributed by atoms with Crippen LogP contribution in [0.4, 0.5) is 17.6 Å². The first kappa shape index (κ1) is 25.1. The fourth-order valence-corrected chi connectivity index (χ4v) is 4.88. The van der Waals surface area contributed by atoms with Crippen LogP contribution in [0.25, 0.3) is 11.1 Å². The highest BCUT2D eigenvalue weighted by molar-refractivity contribution is 5.95. The minimum atomic E-state index is -4.42. The molecule has 3 aromatic carbocycles. The summed E-state index contributed by atoms with van der Waals surface area (Å²) in [5, 5.41) is 9.99. The highest BCUT2D eigenvalue weighted by Gasteiger charge is 2.33. The monoisotopic (exact) mass is 513 g/mol. The fourth-order valence-electron chi connectivity index (χ4n) is 4.88. The zero-order valence-corrected chi connectivity index (χ0v) is 20.3. The number of likely N-dealkylation sites (tertiary alicyclic amines) is 1. The number of hydrogen-bond donors (Lipinski definition) is 1. The first-order chi connectivity index (χ1) is 17.7. The Labute approximate surface area is 212 Å². The van der Waals surface area contributed by atoms with Gasteiger partial charge in [0, 0.05) is 42.8 Å². The molecule has 2 heterocycles. The Morgan fingerprint density at radius 1 is 1.00 bits per heavy atom. The smallest absolute Gasteiger partial charge is 0.416 e. The molecule has 194 valence electrons. The summed E-state index contributed by atoms with van der Waals surface area (Å²) in [6.45, 7) is 4.35. The van der Waals surface area contributed by atoms with Crippen molar-refractivity contribution in [2.75, 3.05) is 32.9 Å². The van der Waals surface area contributed by atoms with Crippen LogP contribution in [0.2, 0.25) is 0 Å². The number of rotatable bonds is 7. The predicted octanol–water partition coefficient (Wildman–Crippen LogP) is 6.76. The number of alkyl halides is 4. The van der Waals surface area contributed by atoms with Gasteiger partial charge in [0.05, 0.1) is 12.2 Å². The third kappa shape index (κ3) is 5.30. The van der Waals surface area contributed by atoms with Crippen molar-refractivity contribution in [1.82, 2.24) is 4.90 Å². The predicted molar refractivity (Wildman–Crippen MR) is 133 cm³/mol. The number of allylic oxidation sites excluding steroid dienone is 1. The van der Waals surface area contributed by atoms with E-state index in [0.717, 1.165) is 54.0 Å². The lowest BCUT2D eigenvalue weighted by atomic mass is 9.86. The van der Waals surface area contributed by atoms with Gasteiger partial charge in [-0.15, -0.1) is 0 Å². The summed E-state index contributed by atoms with van der Waals surface area (Å²) in [7, 11) is 0. The summed E-state index contributed by atoms with van der Waals surface area (Å²) in [4.78, 5) is 2.14. The summed E-state index contributed by atoms with van der Waals surface area (Å²) in [5.41, 5.74) is 3.07. The maximum Gasteiger partial charge on any atom is 0.416 e. The molecule has 0 bridgehead atoms. The van der Waals surface area contributed by atoms with Crippen LogP contribution in [-0.2, 0) is 6.18 Å². The number of aromatic hydroxyl groups is 1. The normalized spacial score (nSPS) is 18.2. The maximum absolute atomic E-state index is 13.2. The van der Waals surface area contributed by atoms with E-state index in [1.807, 2.05) is 31.2 Å². The molecule has 4 nitrogen and oxygen atoms in total. The Morgan fingerprint density at radius 2 is 1.70 bits per heavy atom. The standard InChI is InChI=1S/C29H27F4NO3/c1-18-25-11-8-23(35)14-26(25)37-28(27(18)20-2-6-22(7-3-20)29(31,32)33)21-4-9-24(10-5-21)36-13-12-34-16-19(15-30)17-34/h2-11,14,19,28,35H,12-13,15-17H2,1H3. The van der Waals surface area contributed by atoms with Gasteiger partial charge < -0.3 is 14.6 Å². The van der Waals surface area contributed by atoms with Gasteiger partial charge in [-0.3, -0.25) is 9.29 Å². The number of hydrogen-bond acceptors (Lipinski definition) is 4. The van der Waals surface area contributed by atoms with Gasteiger partial charge in [-0.05, 0) is 60.0 Å². The van der Waals surface area contributed by atoms with Crippen LogP contribution in [0.3, 0.4) is 0 Å². The van der Waals surface area contributed by atoms with E-state index in [-0.39, 0.29) is 18.3 Å². The van der Waals surface area contributed by atoms with Crippen LogP contribution in [0, 0.1) is 5.92 Å². The number of halogens is 4.